The molecule has 6 aromatic carbocycles. The van der Waals surface area contributed by atoms with Crippen LogP contribution in [0.5, 0.6) is 28.7 Å². The van der Waals surface area contributed by atoms with Crippen molar-refractivity contribution in [2.24, 2.45) is 0 Å². The van der Waals surface area contributed by atoms with E-state index in [1.54, 1.807) is 78.9 Å². The fourth-order valence-electron chi connectivity index (χ4n) is 5.25. The Balaban J connectivity index is 0.000000440. The summed E-state index contributed by atoms with van der Waals surface area (Å²) in [6.07, 6.45) is 0.340. The SMILES string of the molecule is C.CC(C)OB(OC(C)C)OC(C)C.COc1cc(-c2cccc(Cl)c2)cc(F)c1O[B]O.COc1cc(F)cc(-c2cccc(Cl)c2)c1.COc1cc(F)cc(Br)c1.O[B]Oc1cccc(Cl)c1. The lowest BCUT2D eigenvalue weighted by molar-refractivity contribution is 0.0335. The van der Waals surface area contributed by atoms with Crippen molar-refractivity contribution >= 4 is 73.4 Å². The van der Waals surface area contributed by atoms with Gasteiger partial charge in [0.15, 0.2) is 17.3 Å². The van der Waals surface area contributed by atoms with Crippen LogP contribution in [0.1, 0.15) is 49.0 Å². The fourth-order valence-corrected chi connectivity index (χ4v) is 6.25. The van der Waals surface area contributed by atoms with Crippen molar-refractivity contribution in [3.63, 3.8) is 0 Å². The van der Waals surface area contributed by atoms with Gasteiger partial charge in [-0.05, 0) is 143 Å². The highest BCUT2D eigenvalue weighted by molar-refractivity contribution is 9.10. The van der Waals surface area contributed by atoms with Crippen LogP contribution in [0.15, 0.2) is 126 Å². The van der Waals surface area contributed by atoms with E-state index in [1.165, 1.54) is 51.7 Å². The Morgan fingerprint density at radius 2 is 0.957 bits per heavy atom. The van der Waals surface area contributed by atoms with Gasteiger partial charge in [0.05, 0.1) is 21.3 Å². The van der Waals surface area contributed by atoms with E-state index < -0.39 is 13.1 Å². The molecule has 0 spiro atoms. The van der Waals surface area contributed by atoms with Gasteiger partial charge in [-0.15, -0.1) is 0 Å². The molecule has 2 radical (unpaired) electrons. The molecule has 0 heterocycles. The van der Waals surface area contributed by atoms with Gasteiger partial charge in [0.1, 0.15) is 28.9 Å². The zero-order valence-corrected chi connectivity index (χ0v) is 42.7. The molecule has 0 unspecified atom stereocenters. The lowest BCUT2D eigenvalue weighted by Crippen LogP contribution is -2.34. The molecule has 10 nitrogen and oxygen atoms in total. The van der Waals surface area contributed by atoms with Crippen LogP contribution >= 0.6 is 50.7 Å². The first-order valence-electron chi connectivity index (χ1n) is 20.5. The molecule has 0 saturated carbocycles. The smallest absolute Gasteiger partial charge is 0.537 e. The van der Waals surface area contributed by atoms with Gasteiger partial charge in [-0.1, -0.05) is 88.5 Å². The molecule has 370 valence electrons. The zero-order valence-electron chi connectivity index (χ0n) is 38.8. The van der Waals surface area contributed by atoms with Gasteiger partial charge in [-0.2, -0.15) is 0 Å². The van der Waals surface area contributed by atoms with Crippen molar-refractivity contribution in [2.75, 3.05) is 21.3 Å². The molecule has 0 aliphatic carbocycles. The Kier molecular flexibility index (Phi) is 30.7. The number of hydrogen-bond donors (Lipinski definition) is 2. The highest BCUT2D eigenvalue weighted by Gasteiger charge is 2.25. The first-order chi connectivity index (χ1) is 32.3. The maximum Gasteiger partial charge on any atom is 0.639 e. The first kappa shape index (κ1) is 62.5. The van der Waals surface area contributed by atoms with Crippen LogP contribution in [0.2, 0.25) is 15.1 Å². The Labute approximate surface area is 429 Å². The van der Waals surface area contributed by atoms with Crippen LogP contribution in [0, 0.1) is 17.5 Å². The van der Waals surface area contributed by atoms with Crippen molar-refractivity contribution in [2.45, 2.75) is 67.3 Å². The number of methoxy groups -OCH3 is 3. The van der Waals surface area contributed by atoms with Crippen LogP contribution in [0.25, 0.3) is 22.3 Å². The average Bonchev–Trinajstić information content (AvgIpc) is 3.27. The lowest BCUT2D eigenvalue weighted by atomic mass is 10.0. The van der Waals surface area contributed by atoms with E-state index in [0.29, 0.717) is 57.7 Å². The molecule has 0 amide bonds. The highest BCUT2D eigenvalue weighted by Crippen LogP contribution is 2.36. The van der Waals surface area contributed by atoms with Crippen LogP contribution in [0.4, 0.5) is 13.2 Å². The Morgan fingerprint density at radius 3 is 1.38 bits per heavy atom. The van der Waals surface area contributed by atoms with E-state index in [-0.39, 0.29) is 48.9 Å². The summed E-state index contributed by atoms with van der Waals surface area (Å²) in [5.74, 6) is 0.285. The lowest BCUT2D eigenvalue weighted by Gasteiger charge is -2.20. The molecule has 69 heavy (non-hydrogen) atoms. The third-order valence-electron chi connectivity index (χ3n) is 8.03. The summed E-state index contributed by atoms with van der Waals surface area (Å²) in [5.41, 5.74) is 2.97. The number of benzene rings is 6. The summed E-state index contributed by atoms with van der Waals surface area (Å²) >= 11 is 20.5. The molecule has 0 aliphatic heterocycles. The minimum atomic E-state index is -0.639. The quantitative estimate of drug-likeness (QED) is 0.0964. The van der Waals surface area contributed by atoms with Gasteiger partial charge in [-0.25, -0.2) is 13.2 Å². The summed E-state index contributed by atoms with van der Waals surface area (Å²) in [6.45, 7) is 11.8. The normalized spacial score (nSPS) is 10.0. The summed E-state index contributed by atoms with van der Waals surface area (Å²) < 4.78 is 80.8. The third-order valence-corrected chi connectivity index (χ3v) is 9.19. The average molecular weight is 1080 g/mol. The summed E-state index contributed by atoms with van der Waals surface area (Å²) in [5, 5.41) is 18.6. The van der Waals surface area contributed by atoms with Crippen LogP contribution in [0.3, 0.4) is 0 Å². The van der Waals surface area contributed by atoms with Gasteiger partial charge < -0.3 is 47.5 Å². The minimum Gasteiger partial charge on any atom is -0.537 e. The number of hydrogen-bond acceptors (Lipinski definition) is 10. The van der Waals surface area contributed by atoms with Crippen LogP contribution < -0.4 is 23.5 Å². The Bertz CT molecular complexity index is 2370. The molecule has 0 aromatic heterocycles. The van der Waals surface area contributed by atoms with Crippen molar-refractivity contribution in [3.8, 4) is 51.0 Å². The monoisotopic (exact) mass is 1080 g/mol. The molecule has 6 rings (SSSR count). The molecule has 0 atom stereocenters. The van der Waals surface area contributed by atoms with E-state index in [2.05, 4.69) is 25.2 Å². The van der Waals surface area contributed by atoms with Gasteiger partial charge in [-0.3, -0.25) is 0 Å². The number of rotatable bonds is 15. The fraction of sp³-hybridized carbons (Fsp3) is 0.265. The molecule has 0 fully saturated rings. The van der Waals surface area contributed by atoms with Crippen molar-refractivity contribution in [3.05, 3.63) is 158 Å². The van der Waals surface area contributed by atoms with Crippen LogP contribution in [-0.2, 0) is 14.0 Å². The maximum atomic E-state index is 13.9. The molecule has 0 saturated heterocycles. The van der Waals surface area contributed by atoms with E-state index in [4.69, 9.17) is 73.0 Å². The Hall–Kier alpha value is -4.55. The van der Waals surface area contributed by atoms with Gasteiger partial charge in [0.2, 0.25) is 0 Å². The third kappa shape index (κ3) is 25.2. The van der Waals surface area contributed by atoms with Crippen molar-refractivity contribution < 1.29 is 60.7 Å². The standard InChI is InChI=1S/C13H10BClFO3.C13H10ClFO.C9H21BO3.C7H6BrFO.C6H5BClO2.CH4/c1-18-12-7-9(6-11(16)13(12)19-14-17)8-3-2-4-10(15)5-8;1-16-13-7-10(6-12(15)8-13)9-3-2-4-11(14)5-9;1-7(2)11-10(12-8(3)4)13-9(5)6;1-10-7-3-5(8)2-6(9)4-7;8-5-2-1-3-6(4-5)10-7-9;/h2-7,17H,1H3;2-8H,1H3;7-9H,1-6H3;2-4H,1H3;1-4,9H;1H4. The number of halogens is 7. The highest BCUT2D eigenvalue weighted by atomic mass is 79.9. The predicted octanol–water partition coefficient (Wildman–Crippen LogP) is 13.9. The topological polar surface area (TPSA) is 114 Å². The van der Waals surface area contributed by atoms with Gasteiger partial charge in [0, 0.05) is 50.0 Å². The van der Waals surface area contributed by atoms with Gasteiger partial charge in [0.25, 0.3) is 0 Å². The first-order valence-corrected chi connectivity index (χ1v) is 22.4. The summed E-state index contributed by atoms with van der Waals surface area (Å²) in [7, 11) is 4.88. The molecule has 20 heteroatoms. The number of ether oxygens (including phenoxy) is 3. The molecular weight excluding hydrogens is 1020 g/mol. The van der Waals surface area contributed by atoms with Crippen molar-refractivity contribution in [1.82, 2.24) is 0 Å². The molecule has 6 aromatic rings. The van der Waals surface area contributed by atoms with E-state index in [1.807, 2.05) is 53.7 Å². The predicted molar refractivity (Wildman–Crippen MR) is 277 cm³/mol. The second-order valence-corrected chi connectivity index (χ2v) is 16.7. The van der Waals surface area contributed by atoms with E-state index in [0.717, 1.165) is 16.7 Å². The minimum absolute atomic E-state index is 0. The summed E-state index contributed by atoms with van der Waals surface area (Å²) in [4.78, 5) is 0. The molecular formula is C49H56B3BrCl3F3O10. The van der Waals surface area contributed by atoms with E-state index in [9.17, 15) is 13.2 Å². The molecule has 2 N–H and O–H groups in total. The van der Waals surface area contributed by atoms with Crippen LogP contribution in [-0.4, -0.2) is 72.4 Å². The molecule has 0 aliphatic rings. The van der Waals surface area contributed by atoms with E-state index >= 15 is 0 Å². The summed E-state index contributed by atoms with van der Waals surface area (Å²) in [6, 6.07) is 32.9. The van der Waals surface area contributed by atoms with Crippen molar-refractivity contribution in [1.29, 1.82) is 0 Å². The molecule has 0 bridgehead atoms. The zero-order chi connectivity index (χ0) is 50.8. The Morgan fingerprint density at radius 1 is 0.507 bits per heavy atom. The largest absolute Gasteiger partial charge is 0.639 e. The second kappa shape index (κ2) is 33.9. The maximum absolute atomic E-state index is 13.9. The second-order valence-electron chi connectivity index (χ2n) is 14.4. The van der Waals surface area contributed by atoms with Gasteiger partial charge >= 0.3 is 22.7 Å².